The lowest BCUT2D eigenvalue weighted by Gasteiger charge is -2.51. The van der Waals surface area contributed by atoms with Crippen LogP contribution >= 0.6 is 0 Å². The Hall–Kier alpha value is -9.29. The summed E-state index contributed by atoms with van der Waals surface area (Å²) in [4.78, 5) is 99.5. The first kappa shape index (κ1) is 55.5. The third kappa shape index (κ3) is 13.7. The van der Waals surface area contributed by atoms with E-state index in [-0.39, 0.29) is 38.9 Å². The number of hydrogen-bond donors (Lipinski definition) is 0. The molecule has 17 nitrogen and oxygen atoms in total. The van der Waals surface area contributed by atoms with Crippen LogP contribution in [0.4, 0.5) is 0 Å². The molecular formula is C63H54O17. The van der Waals surface area contributed by atoms with E-state index in [0.29, 0.717) is 0 Å². The standard InChI is InChI=1S/C63H54O17/c1-41-50(75-57(66)44-27-13-4-14-28-44)54(79-61(70)48-35-21-8-22-36-48)63(40-73-41,37-38-71-55(64)42-23-9-2-10-24-42)80-62-53(78-60(69)47-33-19-7-20-34-47)52(77-59(68)46-31-17-6-18-32-46)51(76-58(67)45-29-15-5-16-30-45)49(74-62)39-72-56(65)43-25-11-3-12-26-43/h2-36,41,49-54,62H,37-40H2,1H3. The largest absolute Gasteiger partial charge is 0.462 e. The van der Waals surface area contributed by atoms with Gasteiger partial charge in [-0.25, -0.2) is 33.6 Å². The minimum absolute atomic E-state index is 0.0241. The number of esters is 7. The van der Waals surface area contributed by atoms with Gasteiger partial charge in [0.05, 0.1) is 58.3 Å². The molecule has 2 fully saturated rings. The molecule has 9 atom stereocenters. The molecule has 0 aliphatic carbocycles. The maximum Gasteiger partial charge on any atom is 0.338 e. The van der Waals surface area contributed by atoms with Gasteiger partial charge in [-0.3, -0.25) is 0 Å². The van der Waals surface area contributed by atoms with Crippen LogP contribution in [-0.4, -0.2) is 116 Å². The van der Waals surface area contributed by atoms with Crippen molar-refractivity contribution in [1.29, 1.82) is 0 Å². The predicted octanol–water partition coefficient (Wildman–Crippen LogP) is 9.12. The lowest BCUT2D eigenvalue weighted by atomic mass is 9.84. The van der Waals surface area contributed by atoms with Crippen LogP contribution in [0.1, 0.15) is 85.9 Å². The van der Waals surface area contributed by atoms with Crippen molar-refractivity contribution in [3.05, 3.63) is 251 Å². The number of carbonyl (C=O) groups excluding carboxylic acids is 7. The van der Waals surface area contributed by atoms with Gasteiger partial charge < -0.3 is 47.4 Å². The number of benzene rings is 7. The van der Waals surface area contributed by atoms with Crippen molar-refractivity contribution in [1.82, 2.24) is 0 Å². The van der Waals surface area contributed by atoms with Crippen LogP contribution in [0, 0.1) is 0 Å². The maximum absolute atomic E-state index is 14.6. The van der Waals surface area contributed by atoms with Crippen molar-refractivity contribution in [3.63, 3.8) is 0 Å². The average Bonchev–Trinajstić information content (AvgIpc) is 3.52. The molecule has 2 saturated heterocycles. The van der Waals surface area contributed by atoms with Gasteiger partial charge in [-0.2, -0.15) is 0 Å². The minimum Gasteiger partial charge on any atom is -0.462 e. The monoisotopic (exact) mass is 1080 g/mol. The van der Waals surface area contributed by atoms with E-state index < -0.39 is 123 Å². The summed E-state index contributed by atoms with van der Waals surface area (Å²) in [5.74, 6) is -6.20. The summed E-state index contributed by atoms with van der Waals surface area (Å²) >= 11 is 0. The molecule has 2 aliphatic heterocycles. The molecule has 0 saturated carbocycles. The Morgan fingerprint density at radius 1 is 0.400 bits per heavy atom. The van der Waals surface area contributed by atoms with Gasteiger partial charge in [0.1, 0.15) is 18.3 Å². The Bertz CT molecular complexity index is 3200. The van der Waals surface area contributed by atoms with Crippen molar-refractivity contribution in [2.75, 3.05) is 19.8 Å². The number of carbonyl (C=O) groups is 7. The molecule has 0 aromatic heterocycles. The highest BCUT2D eigenvalue weighted by Crippen LogP contribution is 2.41. The van der Waals surface area contributed by atoms with Crippen LogP contribution in [0.5, 0.6) is 0 Å². The van der Waals surface area contributed by atoms with E-state index in [1.807, 2.05) is 0 Å². The van der Waals surface area contributed by atoms with Gasteiger partial charge in [0.25, 0.3) is 0 Å². The van der Waals surface area contributed by atoms with Crippen LogP contribution in [0.15, 0.2) is 212 Å². The summed E-state index contributed by atoms with van der Waals surface area (Å²) in [5.41, 5.74) is -1.46. The van der Waals surface area contributed by atoms with Crippen LogP contribution in [0.3, 0.4) is 0 Å². The Morgan fingerprint density at radius 3 is 1.12 bits per heavy atom. The van der Waals surface area contributed by atoms with Gasteiger partial charge in [0.15, 0.2) is 36.8 Å². The Morgan fingerprint density at radius 2 is 0.725 bits per heavy atom. The molecule has 80 heavy (non-hydrogen) atoms. The first-order valence-corrected chi connectivity index (χ1v) is 25.7. The Kier molecular flexibility index (Phi) is 18.3. The molecule has 7 aromatic carbocycles. The van der Waals surface area contributed by atoms with Crippen LogP contribution in [0.25, 0.3) is 0 Å². The first-order valence-electron chi connectivity index (χ1n) is 25.7. The van der Waals surface area contributed by atoms with Gasteiger partial charge >= 0.3 is 41.8 Å². The lowest BCUT2D eigenvalue weighted by Crippen LogP contribution is -2.69. The van der Waals surface area contributed by atoms with E-state index in [2.05, 4.69) is 0 Å². The molecule has 408 valence electrons. The van der Waals surface area contributed by atoms with Crippen molar-refractivity contribution in [2.45, 2.75) is 68.0 Å². The fourth-order valence-corrected chi connectivity index (χ4v) is 9.05. The molecule has 9 unspecified atom stereocenters. The Balaban J connectivity index is 1.20. The average molecular weight is 1080 g/mol. The zero-order valence-electron chi connectivity index (χ0n) is 43.1. The van der Waals surface area contributed by atoms with E-state index in [1.165, 1.54) is 72.8 Å². The predicted molar refractivity (Wildman–Crippen MR) is 284 cm³/mol. The van der Waals surface area contributed by atoms with Crippen molar-refractivity contribution < 1.29 is 80.9 Å². The maximum atomic E-state index is 14.6. The summed E-state index contributed by atoms with van der Waals surface area (Å²) in [6.45, 7) is -0.114. The third-order valence-corrected chi connectivity index (χ3v) is 13.2. The second-order valence-corrected chi connectivity index (χ2v) is 18.6. The highest BCUT2D eigenvalue weighted by atomic mass is 16.8. The molecule has 0 radical (unpaired) electrons. The van der Waals surface area contributed by atoms with E-state index in [4.69, 9.17) is 47.4 Å². The van der Waals surface area contributed by atoms with E-state index >= 15 is 0 Å². The summed E-state index contributed by atoms with van der Waals surface area (Å²) in [7, 11) is 0. The fraction of sp³-hybridized carbons (Fsp3) is 0.222. The molecule has 17 heteroatoms. The quantitative estimate of drug-likeness (QED) is 0.0546. The summed E-state index contributed by atoms with van der Waals surface area (Å²) < 4.78 is 63.8. The van der Waals surface area contributed by atoms with Gasteiger partial charge in [-0.05, 0) is 91.9 Å². The van der Waals surface area contributed by atoms with Gasteiger partial charge in [-0.15, -0.1) is 0 Å². The topological polar surface area (TPSA) is 212 Å². The smallest absolute Gasteiger partial charge is 0.338 e. The second-order valence-electron chi connectivity index (χ2n) is 18.6. The van der Waals surface area contributed by atoms with Crippen LogP contribution in [0.2, 0.25) is 0 Å². The summed E-state index contributed by atoms with van der Waals surface area (Å²) in [5, 5.41) is 0. The van der Waals surface area contributed by atoms with Gasteiger partial charge in [0, 0.05) is 6.42 Å². The minimum atomic E-state index is -2.15. The van der Waals surface area contributed by atoms with Gasteiger partial charge in [0.2, 0.25) is 0 Å². The molecule has 9 rings (SSSR count). The zero-order valence-corrected chi connectivity index (χ0v) is 43.1. The summed E-state index contributed by atoms with van der Waals surface area (Å²) in [6.07, 6.45) is -13.9. The van der Waals surface area contributed by atoms with E-state index in [0.717, 1.165) is 0 Å². The molecule has 2 aliphatic rings. The summed E-state index contributed by atoms with van der Waals surface area (Å²) in [6, 6.07) is 55.5. The molecule has 7 aromatic rings. The Labute approximate surface area is 460 Å². The van der Waals surface area contributed by atoms with E-state index in [1.54, 1.807) is 146 Å². The molecular weight excluding hydrogens is 1030 g/mol. The number of hydrogen-bond acceptors (Lipinski definition) is 17. The second kappa shape index (κ2) is 26.4. The van der Waals surface area contributed by atoms with Gasteiger partial charge in [-0.1, -0.05) is 127 Å². The lowest BCUT2D eigenvalue weighted by molar-refractivity contribution is -0.355. The molecule has 0 bridgehead atoms. The molecule has 2 heterocycles. The first-order chi connectivity index (χ1) is 39.0. The molecule has 0 spiro atoms. The zero-order chi connectivity index (χ0) is 55.8. The highest BCUT2D eigenvalue weighted by Gasteiger charge is 2.61. The highest BCUT2D eigenvalue weighted by molar-refractivity contribution is 5.93. The number of rotatable bonds is 19. The number of ether oxygens (including phenoxy) is 10. The molecule has 0 N–H and O–H groups in total. The van der Waals surface area contributed by atoms with E-state index in [9.17, 15) is 33.6 Å². The third-order valence-electron chi connectivity index (χ3n) is 13.2. The van der Waals surface area contributed by atoms with Crippen molar-refractivity contribution in [3.8, 4) is 0 Å². The van der Waals surface area contributed by atoms with Crippen LogP contribution in [-0.2, 0) is 47.4 Å². The molecule has 0 amide bonds. The fourth-order valence-electron chi connectivity index (χ4n) is 9.05. The van der Waals surface area contributed by atoms with Crippen molar-refractivity contribution in [2.24, 2.45) is 0 Å². The van der Waals surface area contributed by atoms with Crippen LogP contribution < -0.4 is 0 Å². The SMILES string of the molecule is CC1OCC(CCOC(=O)c2ccccc2)(OC2OC(COC(=O)c3ccccc3)C(OC(=O)c3ccccc3)C(OC(=O)c3ccccc3)C2OC(=O)c2ccccc2)C(OC(=O)c2ccccc2)C1OC(=O)c1ccccc1. The normalized spacial score (nSPS) is 22.3. The van der Waals surface area contributed by atoms with Crippen molar-refractivity contribution >= 4 is 41.8 Å².